The number of hydrogen-bond donors (Lipinski definition) is 2. The highest BCUT2D eigenvalue weighted by atomic mass is 16.2. The van der Waals surface area contributed by atoms with Gasteiger partial charge in [0.05, 0.1) is 12.1 Å². The number of Topliss-reactive ketones (excluding diaryl/α,β-unsaturated/α-hetero) is 1. The van der Waals surface area contributed by atoms with Crippen LogP contribution < -0.4 is 5.32 Å². The molecule has 2 N–H and O–H groups in total. The number of nitrogens with one attached hydrogen (secondary N) is 2. The lowest BCUT2D eigenvalue weighted by Gasteiger charge is -2.19. The molecule has 0 fully saturated rings. The zero-order chi connectivity index (χ0) is 26.8. The van der Waals surface area contributed by atoms with Crippen molar-refractivity contribution in [3.8, 4) is 6.07 Å². The molecule has 1 heterocycles. The van der Waals surface area contributed by atoms with Gasteiger partial charge >= 0.3 is 0 Å². The van der Waals surface area contributed by atoms with Gasteiger partial charge in [0.25, 0.3) is 5.91 Å². The van der Waals surface area contributed by atoms with E-state index < -0.39 is 6.04 Å². The van der Waals surface area contributed by atoms with Gasteiger partial charge in [0.1, 0.15) is 0 Å². The van der Waals surface area contributed by atoms with Crippen LogP contribution in [0.2, 0.25) is 0 Å². The zero-order valence-electron chi connectivity index (χ0n) is 21.8. The Bertz CT molecular complexity index is 1350. The van der Waals surface area contributed by atoms with Crippen LogP contribution in [0, 0.1) is 11.3 Å². The Balaban J connectivity index is 1.86. The van der Waals surface area contributed by atoms with Gasteiger partial charge in [0.15, 0.2) is 5.78 Å². The number of ketones is 1. The van der Waals surface area contributed by atoms with Crippen molar-refractivity contribution in [1.82, 2.24) is 15.2 Å². The molecule has 3 aromatic rings. The van der Waals surface area contributed by atoms with Crippen molar-refractivity contribution in [1.29, 1.82) is 5.26 Å². The molecule has 3 rings (SSSR count). The molecule has 0 aliphatic heterocycles. The Morgan fingerprint density at radius 2 is 1.86 bits per heavy atom. The third kappa shape index (κ3) is 6.72. The Morgan fingerprint density at radius 3 is 2.51 bits per heavy atom. The number of aromatic amines is 1. The lowest BCUT2D eigenvalue weighted by molar-refractivity contribution is 0.0773. The summed E-state index contributed by atoms with van der Waals surface area (Å²) in [5.41, 5.74) is 4.39. The van der Waals surface area contributed by atoms with Crippen molar-refractivity contribution in [2.24, 2.45) is 0 Å². The molecule has 37 heavy (non-hydrogen) atoms. The monoisotopic (exact) mass is 494 g/mol. The normalized spacial score (nSPS) is 12.7. The second-order valence-electron chi connectivity index (χ2n) is 8.76. The molecule has 1 atom stereocenters. The maximum absolute atomic E-state index is 13.8. The van der Waals surface area contributed by atoms with E-state index in [0.717, 1.165) is 22.0 Å². The topological polar surface area (TPSA) is 89.0 Å². The second-order valence-corrected chi connectivity index (χ2v) is 8.76. The van der Waals surface area contributed by atoms with Crippen LogP contribution in [0.3, 0.4) is 0 Å². The largest absolute Gasteiger partial charge is 0.360 e. The van der Waals surface area contributed by atoms with E-state index in [1.807, 2.05) is 62.4 Å². The molecule has 0 bridgehead atoms. The molecular weight excluding hydrogens is 460 g/mol. The number of amides is 1. The molecule has 1 aromatic heterocycles. The van der Waals surface area contributed by atoms with Crippen LogP contribution in [0.25, 0.3) is 10.9 Å². The number of nitriles is 1. The second kappa shape index (κ2) is 13.2. The zero-order valence-corrected chi connectivity index (χ0v) is 21.8. The summed E-state index contributed by atoms with van der Waals surface area (Å²) in [5, 5.41) is 13.2. The van der Waals surface area contributed by atoms with Crippen molar-refractivity contribution in [3.63, 3.8) is 0 Å². The molecule has 0 saturated carbocycles. The number of aromatic nitrogens is 1. The van der Waals surface area contributed by atoms with Crippen LogP contribution in [-0.2, 0) is 0 Å². The summed E-state index contributed by atoms with van der Waals surface area (Å²) in [7, 11) is 0. The lowest BCUT2D eigenvalue weighted by Crippen LogP contribution is -2.30. The lowest BCUT2D eigenvalue weighted by atomic mass is 9.96. The highest BCUT2D eigenvalue weighted by Gasteiger charge is 2.24. The third-order valence-corrected chi connectivity index (χ3v) is 6.39. The first-order valence-electron chi connectivity index (χ1n) is 12.6. The molecule has 0 radical (unpaired) electrons. The Labute approximate surface area is 219 Å². The van der Waals surface area contributed by atoms with Gasteiger partial charge in [-0.1, -0.05) is 55.1 Å². The minimum absolute atomic E-state index is 0.0240. The molecular formula is C31H34N4O2. The van der Waals surface area contributed by atoms with Crippen molar-refractivity contribution in [3.05, 3.63) is 107 Å². The van der Waals surface area contributed by atoms with Crippen molar-refractivity contribution < 1.29 is 9.59 Å². The van der Waals surface area contributed by atoms with Gasteiger partial charge in [-0.2, -0.15) is 5.26 Å². The molecule has 0 unspecified atom stereocenters. The maximum Gasteiger partial charge on any atom is 0.253 e. The summed E-state index contributed by atoms with van der Waals surface area (Å²) in [6, 6.07) is 16.7. The fraction of sp³-hybridized carbons (Fsp3) is 0.258. The SMILES string of the molecule is C=C/C(=C\C=C(/C)C#N)CCN[C@H](C(=O)c1c[nH]c2cc(C(=O)N(CC)CC)ccc12)c1ccccc1. The van der Waals surface area contributed by atoms with E-state index in [1.165, 1.54) is 0 Å². The molecule has 2 aromatic carbocycles. The average molecular weight is 495 g/mol. The fourth-order valence-corrected chi connectivity index (χ4v) is 4.20. The van der Waals surface area contributed by atoms with E-state index in [-0.39, 0.29) is 11.7 Å². The number of nitrogens with zero attached hydrogens (tertiary/aromatic N) is 2. The number of allylic oxidation sites excluding steroid dienone is 4. The van der Waals surface area contributed by atoms with Gasteiger partial charge in [-0.3, -0.25) is 9.59 Å². The third-order valence-electron chi connectivity index (χ3n) is 6.39. The summed E-state index contributed by atoms with van der Waals surface area (Å²) in [6.07, 6.45) is 7.78. The van der Waals surface area contributed by atoms with Crippen LogP contribution in [0.15, 0.2) is 90.7 Å². The van der Waals surface area contributed by atoms with E-state index in [2.05, 4.69) is 22.9 Å². The molecule has 0 aliphatic rings. The Hall–Kier alpha value is -4.21. The van der Waals surface area contributed by atoms with Crippen molar-refractivity contribution in [2.45, 2.75) is 33.2 Å². The van der Waals surface area contributed by atoms with Crippen LogP contribution in [0.1, 0.15) is 59.5 Å². The van der Waals surface area contributed by atoms with Gasteiger partial charge in [0, 0.05) is 53.4 Å². The number of fused-ring (bicyclic) bond motifs is 1. The fourth-order valence-electron chi connectivity index (χ4n) is 4.20. The number of rotatable bonds is 12. The minimum atomic E-state index is -0.542. The number of hydrogen-bond acceptors (Lipinski definition) is 4. The molecule has 1 amide bonds. The Morgan fingerprint density at radius 1 is 1.14 bits per heavy atom. The maximum atomic E-state index is 13.8. The van der Waals surface area contributed by atoms with Gasteiger partial charge in [-0.15, -0.1) is 0 Å². The molecule has 6 heteroatoms. The summed E-state index contributed by atoms with van der Waals surface area (Å²) >= 11 is 0. The van der Waals surface area contributed by atoms with Crippen LogP contribution in [0.5, 0.6) is 0 Å². The molecule has 190 valence electrons. The first-order chi connectivity index (χ1) is 17.9. The molecule has 0 spiro atoms. The number of benzene rings is 2. The quantitative estimate of drug-likeness (QED) is 0.180. The van der Waals surface area contributed by atoms with Gasteiger partial charge < -0.3 is 15.2 Å². The van der Waals surface area contributed by atoms with Gasteiger partial charge in [-0.25, -0.2) is 0 Å². The molecule has 0 aliphatic carbocycles. The van der Waals surface area contributed by atoms with Crippen LogP contribution in [0.4, 0.5) is 0 Å². The Kier molecular flexibility index (Phi) is 9.76. The minimum Gasteiger partial charge on any atom is -0.360 e. The van der Waals surface area contributed by atoms with E-state index in [9.17, 15) is 9.59 Å². The standard InChI is InChI=1S/C31H34N4O2/c1-5-23(14-13-22(4)20-32)17-18-33-29(24-11-9-8-10-12-24)30(36)27-21-34-28-19-25(15-16-26(27)28)31(37)35(6-2)7-3/h5,8-16,19,21,29,33-34H,1,6-7,17-18H2,2-4H3/b22-13+,23-14+/t29-/m0/s1. The van der Waals surface area contributed by atoms with E-state index in [0.29, 0.717) is 42.8 Å². The van der Waals surface area contributed by atoms with Crippen molar-refractivity contribution >= 4 is 22.6 Å². The molecule has 6 nitrogen and oxygen atoms in total. The number of carbonyl (C=O) groups excluding carboxylic acids is 2. The summed E-state index contributed by atoms with van der Waals surface area (Å²) in [5.74, 6) is -0.0753. The summed E-state index contributed by atoms with van der Waals surface area (Å²) < 4.78 is 0. The molecule has 0 saturated heterocycles. The predicted molar refractivity (Wildman–Crippen MR) is 149 cm³/mol. The predicted octanol–water partition coefficient (Wildman–Crippen LogP) is 6.14. The van der Waals surface area contributed by atoms with Gasteiger partial charge in [0.2, 0.25) is 0 Å². The van der Waals surface area contributed by atoms with E-state index in [4.69, 9.17) is 5.26 Å². The highest BCUT2D eigenvalue weighted by Crippen LogP contribution is 2.26. The summed E-state index contributed by atoms with van der Waals surface area (Å²) in [4.78, 5) is 31.5. The first-order valence-corrected chi connectivity index (χ1v) is 12.6. The van der Waals surface area contributed by atoms with E-state index >= 15 is 0 Å². The van der Waals surface area contributed by atoms with E-state index in [1.54, 1.807) is 36.2 Å². The first kappa shape index (κ1) is 27.4. The highest BCUT2D eigenvalue weighted by molar-refractivity contribution is 6.11. The van der Waals surface area contributed by atoms with Crippen LogP contribution in [-0.4, -0.2) is 41.2 Å². The number of carbonyl (C=O) groups is 2. The smallest absolute Gasteiger partial charge is 0.253 e. The number of H-pyrrole nitrogens is 1. The van der Waals surface area contributed by atoms with Crippen LogP contribution >= 0.6 is 0 Å². The average Bonchev–Trinajstić information content (AvgIpc) is 3.36. The summed E-state index contributed by atoms with van der Waals surface area (Å²) in [6.45, 7) is 11.4. The van der Waals surface area contributed by atoms with Crippen molar-refractivity contribution in [2.75, 3.05) is 19.6 Å². The van der Waals surface area contributed by atoms with Gasteiger partial charge in [-0.05, 0) is 56.5 Å².